The number of rotatable bonds is 6. The summed E-state index contributed by atoms with van der Waals surface area (Å²) in [6, 6.07) is 27.6. The van der Waals surface area contributed by atoms with Crippen molar-refractivity contribution in [3.8, 4) is 17.1 Å². The predicted molar refractivity (Wildman–Crippen MR) is 113 cm³/mol. The second kappa shape index (κ2) is 8.45. The van der Waals surface area contributed by atoms with Gasteiger partial charge in [-0.05, 0) is 47.6 Å². The lowest BCUT2D eigenvalue weighted by atomic mass is 10.2. The molecule has 0 saturated carbocycles. The van der Waals surface area contributed by atoms with Crippen molar-refractivity contribution >= 4 is 18.4 Å². The van der Waals surface area contributed by atoms with E-state index < -0.39 is 0 Å². The van der Waals surface area contributed by atoms with Gasteiger partial charge in [0.1, 0.15) is 12.4 Å². The summed E-state index contributed by atoms with van der Waals surface area (Å²) in [5.41, 5.74) is 3.02. The fourth-order valence-corrected chi connectivity index (χ4v) is 2.87. The molecule has 0 amide bonds. The molecule has 0 saturated heterocycles. The lowest BCUT2D eigenvalue weighted by Gasteiger charge is -2.06. The zero-order chi connectivity index (χ0) is 19.2. The van der Waals surface area contributed by atoms with Crippen LogP contribution in [0.5, 0.6) is 5.75 Å². The molecule has 4 aromatic rings. The zero-order valence-electron chi connectivity index (χ0n) is 15.0. The average molecular weight is 386 g/mol. The molecule has 0 aliphatic heterocycles. The molecule has 138 valence electrons. The first kappa shape index (κ1) is 17.9. The van der Waals surface area contributed by atoms with E-state index in [4.69, 9.17) is 17.0 Å². The Balaban J connectivity index is 1.47. The Bertz CT molecular complexity index is 1120. The second-order valence-corrected chi connectivity index (χ2v) is 6.50. The molecule has 1 heterocycles. The molecule has 5 nitrogen and oxygen atoms in total. The van der Waals surface area contributed by atoms with E-state index in [1.807, 2.05) is 84.9 Å². The Morgan fingerprint density at radius 1 is 0.929 bits per heavy atom. The molecule has 4 rings (SSSR count). The minimum atomic E-state index is 0.443. The second-order valence-electron chi connectivity index (χ2n) is 6.12. The van der Waals surface area contributed by atoms with Gasteiger partial charge in [0.15, 0.2) is 5.82 Å². The number of ether oxygens (including phenoxy) is 1. The van der Waals surface area contributed by atoms with Gasteiger partial charge in [-0.2, -0.15) is 14.9 Å². The van der Waals surface area contributed by atoms with E-state index in [-0.39, 0.29) is 0 Å². The number of hydrogen-bond acceptors (Lipinski definition) is 4. The lowest BCUT2D eigenvalue weighted by Crippen LogP contribution is -1.96. The third kappa shape index (κ3) is 4.24. The molecule has 0 aliphatic rings. The predicted octanol–water partition coefficient (Wildman–Crippen LogP) is 5.07. The van der Waals surface area contributed by atoms with Crippen LogP contribution in [0.3, 0.4) is 0 Å². The van der Waals surface area contributed by atoms with Crippen molar-refractivity contribution in [1.82, 2.24) is 14.9 Å². The number of benzene rings is 3. The van der Waals surface area contributed by atoms with Crippen LogP contribution >= 0.6 is 12.2 Å². The quantitative estimate of drug-likeness (QED) is 0.372. The molecule has 28 heavy (non-hydrogen) atoms. The summed E-state index contributed by atoms with van der Waals surface area (Å²) >= 11 is 5.30. The molecule has 6 heteroatoms. The third-order valence-corrected chi connectivity index (χ3v) is 4.40. The maximum Gasteiger partial charge on any atom is 0.216 e. The van der Waals surface area contributed by atoms with Crippen LogP contribution < -0.4 is 4.74 Å². The molecular weight excluding hydrogens is 368 g/mol. The summed E-state index contributed by atoms with van der Waals surface area (Å²) in [5.74, 6) is 1.48. The van der Waals surface area contributed by atoms with Crippen molar-refractivity contribution in [1.29, 1.82) is 0 Å². The first-order valence-electron chi connectivity index (χ1n) is 8.83. The number of H-pyrrole nitrogens is 1. The van der Waals surface area contributed by atoms with Gasteiger partial charge in [-0.1, -0.05) is 60.7 Å². The molecule has 0 radical (unpaired) electrons. The van der Waals surface area contributed by atoms with Crippen LogP contribution in [0, 0.1) is 4.77 Å². The van der Waals surface area contributed by atoms with Gasteiger partial charge in [-0.15, -0.1) is 0 Å². The van der Waals surface area contributed by atoms with E-state index in [2.05, 4.69) is 15.3 Å². The maximum absolute atomic E-state index is 5.81. The van der Waals surface area contributed by atoms with E-state index in [9.17, 15) is 0 Å². The Kier molecular flexibility index (Phi) is 5.40. The lowest BCUT2D eigenvalue weighted by molar-refractivity contribution is 0.306. The Hall–Kier alpha value is -3.51. The highest BCUT2D eigenvalue weighted by atomic mass is 32.1. The smallest absolute Gasteiger partial charge is 0.216 e. The third-order valence-electron chi connectivity index (χ3n) is 4.13. The summed E-state index contributed by atoms with van der Waals surface area (Å²) in [4.78, 5) is 0. The van der Waals surface area contributed by atoms with Gasteiger partial charge >= 0.3 is 0 Å². The van der Waals surface area contributed by atoms with Crippen molar-refractivity contribution < 1.29 is 4.74 Å². The maximum atomic E-state index is 5.81. The SMILES string of the molecule is S=c1[nH]nc(-c2ccccc2)n1/N=C\c1ccc(OCc2ccccc2)cc1. The fourth-order valence-electron chi connectivity index (χ4n) is 2.69. The highest BCUT2D eigenvalue weighted by Gasteiger charge is 2.07. The minimum Gasteiger partial charge on any atom is -0.489 e. The van der Waals surface area contributed by atoms with E-state index in [0.29, 0.717) is 17.2 Å². The summed E-state index contributed by atoms with van der Waals surface area (Å²) in [7, 11) is 0. The summed E-state index contributed by atoms with van der Waals surface area (Å²) in [6.45, 7) is 0.541. The summed E-state index contributed by atoms with van der Waals surface area (Å²) in [6.07, 6.45) is 1.75. The minimum absolute atomic E-state index is 0.443. The van der Waals surface area contributed by atoms with Crippen molar-refractivity contribution in [3.63, 3.8) is 0 Å². The number of nitrogens with zero attached hydrogens (tertiary/aromatic N) is 3. The molecule has 0 aliphatic carbocycles. The first-order chi connectivity index (χ1) is 13.8. The van der Waals surface area contributed by atoms with E-state index in [0.717, 1.165) is 22.4 Å². The molecule has 0 unspecified atom stereocenters. The van der Waals surface area contributed by atoms with Gasteiger partial charge in [0.05, 0.1) is 6.21 Å². The van der Waals surface area contributed by atoms with Crippen LogP contribution in [0.2, 0.25) is 0 Å². The molecule has 0 atom stereocenters. The molecular formula is C22H18N4OS. The Morgan fingerprint density at radius 3 is 2.32 bits per heavy atom. The van der Waals surface area contributed by atoms with E-state index >= 15 is 0 Å². The van der Waals surface area contributed by atoms with E-state index in [1.165, 1.54) is 0 Å². The monoisotopic (exact) mass is 386 g/mol. The molecule has 0 bridgehead atoms. The fraction of sp³-hybridized carbons (Fsp3) is 0.0455. The normalized spacial score (nSPS) is 11.0. The number of aromatic nitrogens is 3. The Morgan fingerprint density at radius 2 is 1.61 bits per heavy atom. The van der Waals surface area contributed by atoms with Crippen molar-refractivity contribution in [2.45, 2.75) is 6.61 Å². The van der Waals surface area contributed by atoms with Crippen LogP contribution in [-0.4, -0.2) is 21.1 Å². The Labute approximate surface area is 167 Å². The van der Waals surface area contributed by atoms with Crippen LogP contribution in [0.15, 0.2) is 90.0 Å². The van der Waals surface area contributed by atoms with Crippen LogP contribution in [-0.2, 0) is 6.61 Å². The average Bonchev–Trinajstić information content (AvgIpc) is 3.13. The van der Waals surface area contributed by atoms with Gasteiger partial charge in [0.2, 0.25) is 4.77 Å². The summed E-state index contributed by atoms with van der Waals surface area (Å²) < 4.78 is 7.87. The molecule has 0 spiro atoms. The van der Waals surface area contributed by atoms with Gasteiger partial charge in [-0.3, -0.25) is 0 Å². The van der Waals surface area contributed by atoms with Crippen LogP contribution in [0.1, 0.15) is 11.1 Å². The molecule has 3 aromatic carbocycles. The van der Waals surface area contributed by atoms with Gasteiger partial charge in [0.25, 0.3) is 0 Å². The molecule has 1 N–H and O–H groups in total. The van der Waals surface area contributed by atoms with Crippen molar-refractivity contribution in [2.75, 3.05) is 0 Å². The molecule has 1 aromatic heterocycles. The topological polar surface area (TPSA) is 55.2 Å². The standard InChI is InChI=1S/C22H18N4OS/c28-22-25-24-21(19-9-5-2-6-10-19)26(22)23-15-17-11-13-20(14-12-17)27-16-18-7-3-1-4-8-18/h1-15H,16H2,(H,25,28)/b23-15-. The number of nitrogens with one attached hydrogen (secondary N) is 1. The van der Waals surface area contributed by atoms with Crippen LogP contribution in [0.4, 0.5) is 0 Å². The largest absolute Gasteiger partial charge is 0.489 e. The van der Waals surface area contributed by atoms with Crippen molar-refractivity contribution in [2.24, 2.45) is 5.10 Å². The zero-order valence-corrected chi connectivity index (χ0v) is 15.8. The first-order valence-corrected chi connectivity index (χ1v) is 9.24. The van der Waals surface area contributed by atoms with Gasteiger partial charge < -0.3 is 4.74 Å². The highest BCUT2D eigenvalue weighted by molar-refractivity contribution is 7.71. The van der Waals surface area contributed by atoms with Gasteiger partial charge in [0, 0.05) is 5.56 Å². The van der Waals surface area contributed by atoms with E-state index in [1.54, 1.807) is 10.9 Å². The van der Waals surface area contributed by atoms with Crippen molar-refractivity contribution in [3.05, 3.63) is 101 Å². The van der Waals surface area contributed by atoms with Crippen LogP contribution in [0.25, 0.3) is 11.4 Å². The number of aromatic amines is 1. The molecule has 0 fully saturated rings. The summed E-state index contributed by atoms with van der Waals surface area (Å²) in [5, 5.41) is 11.6. The van der Waals surface area contributed by atoms with Gasteiger partial charge in [-0.25, -0.2) is 5.10 Å². The number of hydrogen-bond donors (Lipinski definition) is 1. The highest BCUT2D eigenvalue weighted by Crippen LogP contribution is 2.17.